The quantitative estimate of drug-likeness (QED) is 0.519. The van der Waals surface area contributed by atoms with Gasteiger partial charge in [0.2, 0.25) is 5.91 Å². The lowest BCUT2D eigenvalue weighted by Gasteiger charge is -2.15. The van der Waals surface area contributed by atoms with Gasteiger partial charge in [0.05, 0.1) is 0 Å². The summed E-state index contributed by atoms with van der Waals surface area (Å²) in [7, 11) is 0. The number of nitrogens with one attached hydrogen (secondary N) is 2. The highest BCUT2D eigenvalue weighted by Gasteiger charge is 2.20. The third-order valence-electron chi connectivity index (χ3n) is 2.15. The molecule has 4 heteroatoms. The molecule has 1 fully saturated rings. The van der Waals surface area contributed by atoms with Crippen molar-refractivity contribution in [3.8, 4) is 0 Å². The Kier molecular flexibility index (Phi) is 3.49. The Balaban J connectivity index is 2.11. The molecule has 1 rings (SSSR count). The molecule has 1 saturated heterocycles. The summed E-state index contributed by atoms with van der Waals surface area (Å²) in [4.78, 5) is 10.8. The van der Waals surface area contributed by atoms with Gasteiger partial charge in [-0.3, -0.25) is 4.79 Å². The summed E-state index contributed by atoms with van der Waals surface area (Å²) < 4.78 is 0. The first-order valence-electron chi connectivity index (χ1n) is 4.45. The molecule has 0 bridgehead atoms. The number of hydrogen-bond donors (Lipinski definition) is 3. The van der Waals surface area contributed by atoms with Crippen LogP contribution in [0, 0.1) is 0 Å². The average Bonchev–Trinajstić information content (AvgIpc) is 2.47. The molecule has 12 heavy (non-hydrogen) atoms. The number of carbonyl (C=O) groups is 1. The van der Waals surface area contributed by atoms with Crippen molar-refractivity contribution in [1.82, 2.24) is 10.6 Å². The van der Waals surface area contributed by atoms with Crippen molar-refractivity contribution >= 4 is 5.91 Å². The van der Waals surface area contributed by atoms with Gasteiger partial charge in [-0.05, 0) is 13.3 Å². The van der Waals surface area contributed by atoms with E-state index in [1.807, 2.05) is 6.92 Å². The third-order valence-corrected chi connectivity index (χ3v) is 2.15. The maximum atomic E-state index is 10.8. The second-order valence-electron chi connectivity index (χ2n) is 3.35. The number of carbonyl (C=O) groups excluding carboxylic acids is 1. The normalized spacial score (nSPS) is 25.5. The second kappa shape index (κ2) is 4.42. The van der Waals surface area contributed by atoms with Gasteiger partial charge in [-0.15, -0.1) is 0 Å². The topological polar surface area (TPSA) is 67.1 Å². The highest BCUT2D eigenvalue weighted by molar-refractivity contribution is 5.78. The van der Waals surface area contributed by atoms with E-state index in [9.17, 15) is 4.79 Å². The molecule has 0 aliphatic carbocycles. The Morgan fingerprint density at radius 2 is 2.58 bits per heavy atom. The van der Waals surface area contributed by atoms with Crippen molar-refractivity contribution < 1.29 is 4.79 Å². The van der Waals surface area contributed by atoms with Crippen LogP contribution in [0.4, 0.5) is 0 Å². The third kappa shape index (κ3) is 2.79. The lowest BCUT2D eigenvalue weighted by molar-refractivity contribution is -0.119. The van der Waals surface area contributed by atoms with Gasteiger partial charge in [-0.25, -0.2) is 0 Å². The maximum absolute atomic E-state index is 10.8. The second-order valence-corrected chi connectivity index (χ2v) is 3.35. The molecule has 4 nitrogen and oxygen atoms in total. The van der Waals surface area contributed by atoms with Gasteiger partial charge in [0, 0.05) is 31.6 Å². The molecular formula is C8H17N3O. The molecule has 0 spiro atoms. The van der Waals surface area contributed by atoms with Crippen LogP contribution in [0.15, 0.2) is 0 Å². The van der Waals surface area contributed by atoms with Crippen molar-refractivity contribution in [3.05, 3.63) is 0 Å². The molecule has 70 valence electrons. The molecule has 2 atom stereocenters. The first kappa shape index (κ1) is 9.48. The maximum Gasteiger partial charge on any atom is 0.220 e. The van der Waals surface area contributed by atoms with E-state index in [4.69, 9.17) is 5.73 Å². The molecule has 1 aliphatic heterocycles. The summed E-state index contributed by atoms with van der Waals surface area (Å²) in [6.45, 7) is 3.52. The smallest absolute Gasteiger partial charge is 0.220 e. The largest absolute Gasteiger partial charge is 0.352 e. The molecule has 2 unspecified atom stereocenters. The lowest BCUT2D eigenvalue weighted by atomic mass is 10.2. The summed E-state index contributed by atoms with van der Waals surface area (Å²) in [6, 6.07) is 0.647. The Labute approximate surface area is 72.9 Å². The first-order chi connectivity index (χ1) is 5.72. The fraction of sp³-hybridized carbons (Fsp3) is 0.875. The number of hydrogen-bond acceptors (Lipinski definition) is 3. The van der Waals surface area contributed by atoms with Gasteiger partial charge in [-0.2, -0.15) is 0 Å². The first-order valence-corrected chi connectivity index (χ1v) is 4.45. The van der Waals surface area contributed by atoms with Crippen molar-refractivity contribution in [2.45, 2.75) is 31.8 Å². The van der Waals surface area contributed by atoms with Gasteiger partial charge < -0.3 is 16.4 Å². The Bertz CT molecular complexity index is 160. The Morgan fingerprint density at radius 1 is 1.83 bits per heavy atom. The van der Waals surface area contributed by atoms with Crippen molar-refractivity contribution in [2.24, 2.45) is 5.73 Å². The molecule has 0 saturated carbocycles. The summed E-state index contributed by atoms with van der Waals surface area (Å²) in [5.74, 6) is 0.169. The van der Waals surface area contributed by atoms with Crippen LogP contribution in [0.5, 0.6) is 0 Å². The van der Waals surface area contributed by atoms with Gasteiger partial charge in [0.25, 0.3) is 0 Å². The highest BCUT2D eigenvalue weighted by Crippen LogP contribution is 2.04. The van der Waals surface area contributed by atoms with E-state index < -0.39 is 0 Å². The zero-order valence-electron chi connectivity index (χ0n) is 7.47. The van der Waals surface area contributed by atoms with Crippen LogP contribution < -0.4 is 16.4 Å². The molecule has 0 aromatic carbocycles. The van der Waals surface area contributed by atoms with E-state index in [0.29, 0.717) is 25.0 Å². The van der Waals surface area contributed by atoms with E-state index >= 15 is 0 Å². The number of amides is 1. The average molecular weight is 171 g/mol. The molecule has 0 radical (unpaired) electrons. The number of rotatable bonds is 4. The molecule has 0 aromatic rings. The van der Waals surface area contributed by atoms with Gasteiger partial charge in [0.15, 0.2) is 0 Å². The minimum atomic E-state index is 0.169. The van der Waals surface area contributed by atoms with Crippen molar-refractivity contribution in [1.29, 1.82) is 0 Å². The Hall–Kier alpha value is -0.610. The molecular weight excluding hydrogens is 154 g/mol. The summed E-state index contributed by atoms with van der Waals surface area (Å²) in [5, 5.41) is 6.15. The molecule has 4 N–H and O–H groups in total. The van der Waals surface area contributed by atoms with Crippen LogP contribution in [0.3, 0.4) is 0 Å². The molecule has 1 amide bonds. The fourth-order valence-electron chi connectivity index (χ4n) is 1.26. The van der Waals surface area contributed by atoms with E-state index in [0.717, 1.165) is 13.0 Å². The number of nitrogens with two attached hydrogens (primary N) is 1. The van der Waals surface area contributed by atoms with Crippen LogP contribution >= 0.6 is 0 Å². The van der Waals surface area contributed by atoms with E-state index in [-0.39, 0.29) is 5.91 Å². The molecule has 0 aromatic heterocycles. The predicted octanol–water partition coefficient (Wildman–Crippen LogP) is -0.798. The SMILES string of the molecule is CC(CN)NCC1CCC(=O)N1. The fourth-order valence-corrected chi connectivity index (χ4v) is 1.26. The monoisotopic (exact) mass is 171 g/mol. The zero-order chi connectivity index (χ0) is 8.97. The summed E-state index contributed by atoms with van der Waals surface area (Å²) in [5.41, 5.74) is 5.43. The van der Waals surface area contributed by atoms with Gasteiger partial charge in [-0.1, -0.05) is 0 Å². The van der Waals surface area contributed by atoms with Crippen LogP contribution in [0.1, 0.15) is 19.8 Å². The predicted molar refractivity (Wildman–Crippen MR) is 47.7 cm³/mol. The van der Waals surface area contributed by atoms with E-state index in [1.54, 1.807) is 0 Å². The summed E-state index contributed by atoms with van der Waals surface area (Å²) in [6.07, 6.45) is 1.62. The standard InChI is InChI=1S/C8H17N3O/c1-6(4-9)10-5-7-2-3-8(12)11-7/h6-7,10H,2-5,9H2,1H3,(H,11,12). The van der Waals surface area contributed by atoms with Crippen molar-refractivity contribution in [3.63, 3.8) is 0 Å². The minimum absolute atomic E-state index is 0.169. The highest BCUT2D eigenvalue weighted by atomic mass is 16.1. The summed E-state index contributed by atoms with van der Waals surface area (Å²) >= 11 is 0. The van der Waals surface area contributed by atoms with Crippen LogP contribution in [-0.4, -0.2) is 31.1 Å². The zero-order valence-corrected chi connectivity index (χ0v) is 7.47. The van der Waals surface area contributed by atoms with Crippen LogP contribution in [0.25, 0.3) is 0 Å². The molecule has 1 aliphatic rings. The van der Waals surface area contributed by atoms with Crippen LogP contribution in [0.2, 0.25) is 0 Å². The lowest BCUT2D eigenvalue weighted by Crippen LogP contribution is -2.42. The Morgan fingerprint density at radius 3 is 3.08 bits per heavy atom. The van der Waals surface area contributed by atoms with E-state index in [2.05, 4.69) is 10.6 Å². The van der Waals surface area contributed by atoms with E-state index in [1.165, 1.54) is 0 Å². The van der Waals surface area contributed by atoms with Crippen LogP contribution in [-0.2, 0) is 4.79 Å². The van der Waals surface area contributed by atoms with Gasteiger partial charge >= 0.3 is 0 Å². The molecule has 1 heterocycles. The minimum Gasteiger partial charge on any atom is -0.352 e. The van der Waals surface area contributed by atoms with Gasteiger partial charge in [0.1, 0.15) is 0 Å². The van der Waals surface area contributed by atoms with Crippen molar-refractivity contribution in [2.75, 3.05) is 13.1 Å².